The van der Waals surface area contributed by atoms with Gasteiger partial charge in [0, 0.05) is 31.2 Å². The number of hydrogen-bond acceptors (Lipinski definition) is 3. The molecule has 2 aromatic carbocycles. The summed E-state index contributed by atoms with van der Waals surface area (Å²) in [5, 5.41) is 2.92. The summed E-state index contributed by atoms with van der Waals surface area (Å²) in [5.41, 5.74) is 2.02. The van der Waals surface area contributed by atoms with Gasteiger partial charge >= 0.3 is 0 Å². The van der Waals surface area contributed by atoms with Crippen LogP contribution in [0.15, 0.2) is 60.7 Å². The van der Waals surface area contributed by atoms with E-state index in [4.69, 9.17) is 4.74 Å². The lowest BCUT2D eigenvalue weighted by Crippen LogP contribution is -2.40. The smallest absolute Gasteiger partial charge is 0.230 e. The van der Waals surface area contributed by atoms with Gasteiger partial charge in [0.15, 0.2) is 0 Å². The summed E-state index contributed by atoms with van der Waals surface area (Å²) in [7, 11) is 1.62. The van der Waals surface area contributed by atoms with Gasteiger partial charge in [-0.3, -0.25) is 9.59 Å². The molecule has 3 rings (SSSR count). The zero-order valence-corrected chi connectivity index (χ0v) is 17.0. The van der Waals surface area contributed by atoms with Gasteiger partial charge in [-0.1, -0.05) is 48.5 Å². The van der Waals surface area contributed by atoms with Gasteiger partial charge in [0.05, 0.1) is 13.2 Å². The molecule has 154 valence electrons. The fourth-order valence-corrected chi connectivity index (χ4v) is 3.91. The third kappa shape index (κ3) is 5.91. The number of methoxy groups -OCH3 is 1. The van der Waals surface area contributed by atoms with Crippen LogP contribution in [0.2, 0.25) is 0 Å². The van der Waals surface area contributed by atoms with E-state index in [0.717, 1.165) is 36.9 Å². The van der Waals surface area contributed by atoms with Crippen molar-refractivity contribution < 1.29 is 14.3 Å². The summed E-state index contributed by atoms with van der Waals surface area (Å²) < 4.78 is 4.98. The average molecular weight is 395 g/mol. The first-order valence-corrected chi connectivity index (χ1v) is 10.4. The Morgan fingerprint density at radius 1 is 0.931 bits per heavy atom. The van der Waals surface area contributed by atoms with Crippen LogP contribution in [0.5, 0.6) is 0 Å². The van der Waals surface area contributed by atoms with Gasteiger partial charge in [0.25, 0.3) is 0 Å². The number of para-hydroxylation sites is 1. The van der Waals surface area contributed by atoms with Crippen molar-refractivity contribution in [2.24, 2.45) is 11.8 Å². The number of nitrogens with zero attached hydrogens (tertiary/aromatic N) is 1. The Morgan fingerprint density at radius 3 is 2.14 bits per heavy atom. The van der Waals surface area contributed by atoms with Crippen LogP contribution in [0.3, 0.4) is 0 Å². The molecule has 0 saturated heterocycles. The zero-order chi connectivity index (χ0) is 20.5. The molecule has 2 aromatic rings. The number of amides is 2. The van der Waals surface area contributed by atoms with Crippen LogP contribution in [-0.4, -0.2) is 32.1 Å². The molecule has 29 heavy (non-hydrogen) atoms. The maximum Gasteiger partial charge on any atom is 0.230 e. The highest BCUT2D eigenvalue weighted by molar-refractivity contribution is 5.95. The molecule has 1 N–H and O–H groups in total. The van der Waals surface area contributed by atoms with Gasteiger partial charge in [-0.2, -0.15) is 0 Å². The maximum atomic E-state index is 13.4. The molecule has 0 radical (unpaired) electrons. The second-order valence-electron chi connectivity index (χ2n) is 7.58. The van der Waals surface area contributed by atoms with E-state index in [2.05, 4.69) is 5.32 Å². The van der Waals surface area contributed by atoms with E-state index < -0.39 is 0 Å². The Hall–Kier alpha value is -2.66. The third-order valence-electron chi connectivity index (χ3n) is 5.57. The summed E-state index contributed by atoms with van der Waals surface area (Å²) in [6.07, 6.45) is 3.00. The number of hydrogen-bond donors (Lipinski definition) is 1. The summed E-state index contributed by atoms with van der Waals surface area (Å²) in [5.74, 6) is 0.188. The predicted molar refractivity (Wildman–Crippen MR) is 114 cm³/mol. The highest BCUT2D eigenvalue weighted by atomic mass is 16.5. The Kier molecular flexibility index (Phi) is 7.82. The number of ether oxygens (including phenoxy) is 1. The Labute approximate surface area is 173 Å². The van der Waals surface area contributed by atoms with Gasteiger partial charge < -0.3 is 15.0 Å². The molecule has 0 atom stereocenters. The van der Waals surface area contributed by atoms with Gasteiger partial charge in [0.2, 0.25) is 11.8 Å². The van der Waals surface area contributed by atoms with Crippen molar-refractivity contribution in [1.29, 1.82) is 0 Å². The number of anilines is 1. The van der Waals surface area contributed by atoms with Gasteiger partial charge in [-0.25, -0.2) is 0 Å². The maximum absolute atomic E-state index is 13.4. The molecule has 1 aliphatic carbocycles. The molecule has 2 amide bonds. The van der Waals surface area contributed by atoms with Crippen LogP contribution in [0.25, 0.3) is 0 Å². The molecule has 0 heterocycles. The molecular weight excluding hydrogens is 364 g/mol. The van der Waals surface area contributed by atoms with E-state index >= 15 is 0 Å². The molecule has 1 fully saturated rings. The summed E-state index contributed by atoms with van der Waals surface area (Å²) in [6, 6.07) is 19.9. The third-order valence-corrected chi connectivity index (χ3v) is 5.57. The largest absolute Gasteiger partial charge is 0.383 e. The minimum absolute atomic E-state index is 0.00444. The molecule has 0 aromatic heterocycles. The molecule has 1 saturated carbocycles. The molecule has 0 spiro atoms. The molecule has 5 heteroatoms. The first kappa shape index (κ1) is 21.1. The Morgan fingerprint density at radius 2 is 1.52 bits per heavy atom. The first-order chi connectivity index (χ1) is 14.2. The molecule has 0 aliphatic heterocycles. The molecule has 0 unspecified atom stereocenters. The van der Waals surface area contributed by atoms with E-state index in [9.17, 15) is 9.59 Å². The van der Waals surface area contributed by atoms with Crippen molar-refractivity contribution in [3.8, 4) is 0 Å². The minimum Gasteiger partial charge on any atom is -0.383 e. The SMILES string of the molecule is COCCNC(=O)C1CCC(C(=O)N(Cc2ccccc2)c2ccccc2)CC1. The first-order valence-electron chi connectivity index (χ1n) is 10.4. The van der Waals surface area contributed by atoms with Crippen LogP contribution < -0.4 is 10.2 Å². The molecule has 1 aliphatic rings. The zero-order valence-electron chi connectivity index (χ0n) is 17.0. The number of nitrogens with one attached hydrogen (secondary N) is 1. The van der Waals surface area contributed by atoms with E-state index in [1.165, 1.54) is 0 Å². The fourth-order valence-electron chi connectivity index (χ4n) is 3.91. The summed E-state index contributed by atoms with van der Waals surface area (Å²) >= 11 is 0. The normalized spacial score (nSPS) is 18.8. The van der Waals surface area contributed by atoms with Crippen molar-refractivity contribution in [2.45, 2.75) is 32.2 Å². The van der Waals surface area contributed by atoms with Crippen LogP contribution >= 0.6 is 0 Å². The van der Waals surface area contributed by atoms with Gasteiger partial charge in [-0.15, -0.1) is 0 Å². The van der Waals surface area contributed by atoms with E-state index in [1.807, 2.05) is 65.6 Å². The number of carbonyl (C=O) groups is 2. The monoisotopic (exact) mass is 394 g/mol. The topological polar surface area (TPSA) is 58.6 Å². The van der Waals surface area contributed by atoms with Crippen molar-refractivity contribution in [2.75, 3.05) is 25.2 Å². The number of rotatable bonds is 8. The van der Waals surface area contributed by atoms with E-state index in [-0.39, 0.29) is 23.7 Å². The minimum atomic E-state index is -0.0399. The Bertz CT molecular complexity index is 771. The van der Waals surface area contributed by atoms with Gasteiger partial charge in [-0.05, 0) is 43.4 Å². The van der Waals surface area contributed by atoms with Crippen molar-refractivity contribution in [1.82, 2.24) is 5.32 Å². The molecule has 0 bridgehead atoms. The van der Waals surface area contributed by atoms with Crippen molar-refractivity contribution >= 4 is 17.5 Å². The fraction of sp³-hybridized carbons (Fsp3) is 0.417. The second kappa shape index (κ2) is 10.8. The van der Waals surface area contributed by atoms with Crippen molar-refractivity contribution in [3.05, 3.63) is 66.2 Å². The van der Waals surface area contributed by atoms with E-state index in [0.29, 0.717) is 19.7 Å². The lowest BCUT2D eigenvalue weighted by molar-refractivity contribution is -0.129. The predicted octanol–water partition coefficient (Wildman–Crippen LogP) is 3.79. The van der Waals surface area contributed by atoms with Crippen LogP contribution in [0, 0.1) is 11.8 Å². The Balaban J connectivity index is 1.64. The summed E-state index contributed by atoms with van der Waals surface area (Å²) in [4.78, 5) is 27.6. The van der Waals surface area contributed by atoms with Crippen LogP contribution in [0.4, 0.5) is 5.69 Å². The lowest BCUT2D eigenvalue weighted by atomic mass is 9.80. The highest BCUT2D eigenvalue weighted by Crippen LogP contribution is 2.32. The quantitative estimate of drug-likeness (QED) is 0.693. The number of benzene rings is 2. The van der Waals surface area contributed by atoms with Crippen LogP contribution in [0.1, 0.15) is 31.2 Å². The van der Waals surface area contributed by atoms with E-state index in [1.54, 1.807) is 7.11 Å². The lowest BCUT2D eigenvalue weighted by Gasteiger charge is -2.32. The van der Waals surface area contributed by atoms with Crippen LogP contribution in [-0.2, 0) is 20.9 Å². The second-order valence-corrected chi connectivity index (χ2v) is 7.58. The summed E-state index contributed by atoms with van der Waals surface area (Å²) in [6.45, 7) is 1.61. The standard InChI is InChI=1S/C24H30N2O3/c1-29-17-16-25-23(27)20-12-14-21(15-13-20)24(28)26(22-10-6-3-7-11-22)18-19-8-4-2-5-9-19/h2-11,20-21H,12-18H2,1H3,(H,25,27). The number of carbonyl (C=O) groups excluding carboxylic acids is 2. The molecule has 5 nitrogen and oxygen atoms in total. The molecular formula is C24H30N2O3. The van der Waals surface area contributed by atoms with Gasteiger partial charge in [0.1, 0.15) is 0 Å². The average Bonchev–Trinajstić information content (AvgIpc) is 2.78. The highest BCUT2D eigenvalue weighted by Gasteiger charge is 2.32. The van der Waals surface area contributed by atoms with Crippen molar-refractivity contribution in [3.63, 3.8) is 0 Å².